The smallest absolute Gasteiger partial charge is 0.234 e. The van der Waals surface area contributed by atoms with Crippen LogP contribution in [0.3, 0.4) is 0 Å². The van der Waals surface area contributed by atoms with Gasteiger partial charge in [-0.2, -0.15) is 0 Å². The maximum Gasteiger partial charge on any atom is 0.234 e. The molecular weight excluding hydrogens is 322 g/mol. The maximum atomic E-state index is 13.5. The van der Waals surface area contributed by atoms with Crippen LogP contribution < -0.4 is 5.32 Å². The van der Waals surface area contributed by atoms with E-state index in [0.717, 1.165) is 37.3 Å². The summed E-state index contributed by atoms with van der Waals surface area (Å²) in [6.07, 6.45) is 2.26. The molecule has 1 amide bonds. The van der Waals surface area contributed by atoms with Crippen molar-refractivity contribution in [3.8, 4) is 0 Å². The number of nitrogens with one attached hydrogen (secondary N) is 1. The lowest BCUT2D eigenvalue weighted by atomic mass is 10.3. The Hall–Kier alpha value is -1.96. The summed E-state index contributed by atoms with van der Waals surface area (Å²) >= 11 is 1.25. The van der Waals surface area contributed by atoms with Gasteiger partial charge < -0.3 is 9.88 Å². The Morgan fingerprint density at radius 1 is 1.39 bits per heavy atom. The van der Waals surface area contributed by atoms with Crippen LogP contribution in [0.1, 0.15) is 31.5 Å². The van der Waals surface area contributed by atoms with Crippen molar-refractivity contribution in [1.82, 2.24) is 14.8 Å². The van der Waals surface area contributed by atoms with Gasteiger partial charge in [-0.25, -0.2) is 8.78 Å². The highest BCUT2D eigenvalue weighted by atomic mass is 32.2. The van der Waals surface area contributed by atoms with Gasteiger partial charge in [0.2, 0.25) is 5.91 Å². The van der Waals surface area contributed by atoms with Gasteiger partial charge in [-0.05, 0) is 31.9 Å². The van der Waals surface area contributed by atoms with Crippen molar-refractivity contribution in [3.05, 3.63) is 35.7 Å². The zero-order chi connectivity index (χ0) is 16.4. The quantitative estimate of drug-likeness (QED) is 0.822. The van der Waals surface area contributed by atoms with Gasteiger partial charge in [0.25, 0.3) is 0 Å². The van der Waals surface area contributed by atoms with Crippen LogP contribution in [0.15, 0.2) is 23.4 Å². The van der Waals surface area contributed by atoms with Crippen LogP contribution in [0.25, 0.3) is 0 Å². The van der Waals surface area contributed by atoms with Gasteiger partial charge in [-0.3, -0.25) is 4.79 Å². The average molecular weight is 338 g/mol. The van der Waals surface area contributed by atoms with Gasteiger partial charge in [0, 0.05) is 18.5 Å². The van der Waals surface area contributed by atoms with Crippen molar-refractivity contribution >= 4 is 23.4 Å². The molecule has 0 atom stereocenters. The van der Waals surface area contributed by atoms with Gasteiger partial charge >= 0.3 is 0 Å². The summed E-state index contributed by atoms with van der Waals surface area (Å²) in [6.45, 7) is 2.75. The Morgan fingerprint density at radius 3 is 2.83 bits per heavy atom. The Bertz CT molecular complexity index is 730. The van der Waals surface area contributed by atoms with E-state index in [0.29, 0.717) is 11.1 Å². The summed E-state index contributed by atoms with van der Waals surface area (Å²) in [5.41, 5.74) is -0.0346. The van der Waals surface area contributed by atoms with Crippen LogP contribution in [0.5, 0.6) is 0 Å². The van der Waals surface area contributed by atoms with Crippen LogP contribution in [-0.4, -0.2) is 26.4 Å². The first-order valence-corrected chi connectivity index (χ1v) is 8.38. The van der Waals surface area contributed by atoms with Crippen LogP contribution in [0.2, 0.25) is 0 Å². The normalized spacial score (nSPS) is 14.0. The van der Waals surface area contributed by atoms with Crippen LogP contribution in [0.4, 0.5) is 14.5 Å². The number of carbonyl (C=O) groups excluding carboxylic acids is 1. The van der Waals surface area contributed by atoms with E-state index in [1.165, 1.54) is 17.8 Å². The molecule has 5 nitrogen and oxygen atoms in total. The van der Waals surface area contributed by atoms with E-state index in [1.54, 1.807) is 0 Å². The summed E-state index contributed by atoms with van der Waals surface area (Å²) in [6, 6.07) is 3.03. The van der Waals surface area contributed by atoms with Crippen molar-refractivity contribution in [2.45, 2.75) is 37.4 Å². The second-order valence-corrected chi connectivity index (χ2v) is 6.26. The first kappa shape index (κ1) is 15.9. The number of aromatic nitrogens is 3. The molecule has 1 aliphatic carbocycles. The zero-order valence-corrected chi connectivity index (χ0v) is 13.4. The first-order chi connectivity index (χ1) is 11.1. The average Bonchev–Trinajstić information content (AvgIpc) is 3.28. The standard InChI is InChI=1S/C15H16F2N4OS/c1-2-21-14(9-3-4-9)19-20-15(21)23-8-13(22)18-12-6-5-10(16)7-11(12)17/h5-7,9H,2-4,8H2,1H3,(H,18,22). The molecule has 1 fully saturated rings. The minimum absolute atomic E-state index is 0.0346. The predicted molar refractivity (Wildman–Crippen MR) is 83.4 cm³/mol. The molecule has 3 rings (SSSR count). The fourth-order valence-corrected chi connectivity index (χ4v) is 3.06. The topological polar surface area (TPSA) is 59.8 Å². The summed E-state index contributed by atoms with van der Waals surface area (Å²) in [5.74, 6) is -0.313. The van der Waals surface area contributed by atoms with Gasteiger partial charge in [0.15, 0.2) is 5.16 Å². The maximum absolute atomic E-state index is 13.5. The minimum atomic E-state index is -0.795. The van der Waals surface area contributed by atoms with Crippen LogP contribution >= 0.6 is 11.8 Å². The molecule has 1 aromatic heterocycles. The van der Waals surface area contributed by atoms with Crippen molar-refractivity contribution in [3.63, 3.8) is 0 Å². The molecule has 0 saturated heterocycles. The third kappa shape index (κ3) is 3.69. The second-order valence-electron chi connectivity index (χ2n) is 5.32. The van der Waals surface area contributed by atoms with E-state index in [4.69, 9.17) is 0 Å². The number of anilines is 1. The number of halogens is 2. The van der Waals surface area contributed by atoms with E-state index in [-0.39, 0.29) is 17.3 Å². The van der Waals surface area contributed by atoms with E-state index in [2.05, 4.69) is 15.5 Å². The molecule has 0 spiro atoms. The molecule has 1 aliphatic rings. The van der Waals surface area contributed by atoms with Gasteiger partial charge in [-0.1, -0.05) is 11.8 Å². The third-order valence-corrected chi connectivity index (χ3v) is 4.51. The molecule has 23 heavy (non-hydrogen) atoms. The number of benzene rings is 1. The molecule has 1 aromatic carbocycles. The molecule has 0 unspecified atom stereocenters. The Labute approximate surface area is 136 Å². The lowest BCUT2D eigenvalue weighted by Crippen LogP contribution is -2.15. The molecule has 0 bridgehead atoms. The molecule has 1 heterocycles. The summed E-state index contributed by atoms with van der Waals surface area (Å²) in [4.78, 5) is 11.9. The SMILES string of the molecule is CCn1c(SCC(=O)Nc2ccc(F)cc2F)nnc1C1CC1. The number of hydrogen-bond acceptors (Lipinski definition) is 4. The number of rotatable bonds is 6. The molecule has 2 aromatic rings. The molecule has 1 N–H and O–H groups in total. The lowest BCUT2D eigenvalue weighted by molar-refractivity contribution is -0.113. The van der Waals surface area contributed by atoms with Gasteiger partial charge in [0.1, 0.15) is 17.5 Å². The Balaban J connectivity index is 1.60. The second kappa shape index (κ2) is 6.66. The van der Waals surface area contributed by atoms with Crippen molar-refractivity contribution in [2.75, 3.05) is 11.1 Å². The van der Waals surface area contributed by atoms with Crippen molar-refractivity contribution < 1.29 is 13.6 Å². The molecule has 1 saturated carbocycles. The largest absolute Gasteiger partial charge is 0.323 e. The molecule has 8 heteroatoms. The summed E-state index contributed by atoms with van der Waals surface area (Å²) < 4.78 is 28.3. The van der Waals surface area contributed by atoms with Crippen molar-refractivity contribution in [1.29, 1.82) is 0 Å². The van der Waals surface area contributed by atoms with E-state index in [9.17, 15) is 13.6 Å². The number of hydrogen-bond donors (Lipinski definition) is 1. The predicted octanol–water partition coefficient (Wildman–Crippen LogP) is 3.18. The Morgan fingerprint density at radius 2 is 2.17 bits per heavy atom. The van der Waals surface area contributed by atoms with E-state index in [1.807, 2.05) is 11.5 Å². The first-order valence-electron chi connectivity index (χ1n) is 7.39. The van der Waals surface area contributed by atoms with Gasteiger partial charge in [0.05, 0.1) is 11.4 Å². The lowest BCUT2D eigenvalue weighted by Gasteiger charge is -2.08. The summed E-state index contributed by atoms with van der Waals surface area (Å²) in [7, 11) is 0. The molecule has 0 radical (unpaired) electrons. The van der Waals surface area contributed by atoms with E-state index < -0.39 is 11.6 Å². The fraction of sp³-hybridized carbons (Fsp3) is 0.400. The number of thioether (sulfide) groups is 1. The molecule has 0 aliphatic heterocycles. The third-order valence-electron chi connectivity index (χ3n) is 3.54. The summed E-state index contributed by atoms with van der Waals surface area (Å²) in [5, 5.41) is 11.4. The monoisotopic (exact) mass is 338 g/mol. The molecular formula is C15H16F2N4OS. The number of carbonyl (C=O) groups is 1. The van der Waals surface area contributed by atoms with Crippen LogP contribution in [0, 0.1) is 11.6 Å². The van der Waals surface area contributed by atoms with Gasteiger partial charge in [-0.15, -0.1) is 10.2 Å². The highest BCUT2D eigenvalue weighted by Gasteiger charge is 2.30. The number of amides is 1. The minimum Gasteiger partial charge on any atom is -0.323 e. The Kier molecular flexibility index (Phi) is 4.61. The number of nitrogens with zero attached hydrogens (tertiary/aromatic N) is 3. The highest BCUT2D eigenvalue weighted by Crippen LogP contribution is 2.39. The van der Waals surface area contributed by atoms with Crippen molar-refractivity contribution in [2.24, 2.45) is 0 Å². The zero-order valence-electron chi connectivity index (χ0n) is 12.6. The van der Waals surface area contributed by atoms with Crippen LogP contribution in [-0.2, 0) is 11.3 Å². The van der Waals surface area contributed by atoms with E-state index >= 15 is 0 Å². The fourth-order valence-electron chi connectivity index (χ4n) is 2.25. The highest BCUT2D eigenvalue weighted by molar-refractivity contribution is 7.99. The molecule has 122 valence electrons.